The highest BCUT2D eigenvalue weighted by molar-refractivity contribution is 5.81. The summed E-state index contributed by atoms with van der Waals surface area (Å²) in [6.45, 7) is 9.55. The van der Waals surface area contributed by atoms with Crippen molar-refractivity contribution in [3.05, 3.63) is 18.0 Å². The van der Waals surface area contributed by atoms with Gasteiger partial charge >= 0.3 is 0 Å². The summed E-state index contributed by atoms with van der Waals surface area (Å²) in [5.74, 6) is 0.0446. The molecule has 1 heterocycles. The maximum atomic E-state index is 11.7. The second kappa shape index (κ2) is 7.94. The van der Waals surface area contributed by atoms with E-state index in [1.54, 1.807) is 0 Å². The van der Waals surface area contributed by atoms with Crippen molar-refractivity contribution in [3.63, 3.8) is 0 Å². The van der Waals surface area contributed by atoms with Gasteiger partial charge in [0.1, 0.15) is 0 Å². The number of hydrogen-bond acceptors (Lipinski definition) is 3. The minimum atomic E-state index is -0.194. The molecule has 0 saturated heterocycles. The molecule has 1 amide bonds. The minimum Gasteiger partial charge on any atom is -0.355 e. The Morgan fingerprint density at radius 1 is 1.42 bits per heavy atom. The van der Waals surface area contributed by atoms with Crippen molar-refractivity contribution in [2.45, 2.75) is 59.2 Å². The van der Waals surface area contributed by atoms with Gasteiger partial charge in [-0.05, 0) is 32.8 Å². The highest BCUT2D eigenvalue weighted by Crippen LogP contribution is 2.09. The van der Waals surface area contributed by atoms with Crippen LogP contribution < -0.4 is 10.6 Å². The topological polar surface area (TPSA) is 59.0 Å². The number of amides is 1. The third-order valence-corrected chi connectivity index (χ3v) is 3.24. The number of carbonyl (C=O) groups excluding carboxylic acids is 1. The van der Waals surface area contributed by atoms with Crippen LogP contribution >= 0.6 is 0 Å². The minimum absolute atomic E-state index is 0.0446. The molecule has 0 radical (unpaired) electrons. The summed E-state index contributed by atoms with van der Waals surface area (Å²) in [5.41, 5.74) is 0.968. The Labute approximate surface area is 115 Å². The smallest absolute Gasteiger partial charge is 0.236 e. The van der Waals surface area contributed by atoms with Gasteiger partial charge in [0.25, 0.3) is 0 Å². The molecule has 108 valence electrons. The van der Waals surface area contributed by atoms with Crippen molar-refractivity contribution >= 4 is 5.91 Å². The summed E-state index contributed by atoms with van der Waals surface area (Å²) in [4.78, 5) is 11.7. The summed E-state index contributed by atoms with van der Waals surface area (Å²) in [6, 6.07) is 2.22. The summed E-state index contributed by atoms with van der Waals surface area (Å²) in [6.07, 6.45) is 4.01. The van der Waals surface area contributed by atoms with E-state index < -0.39 is 0 Å². The van der Waals surface area contributed by atoms with Crippen LogP contribution in [0.1, 0.15) is 52.3 Å². The number of carbonyl (C=O) groups is 1. The second-order valence-corrected chi connectivity index (χ2v) is 4.94. The Hall–Kier alpha value is -1.36. The lowest BCUT2D eigenvalue weighted by Gasteiger charge is -2.13. The first kappa shape index (κ1) is 15.7. The van der Waals surface area contributed by atoms with Crippen molar-refractivity contribution < 1.29 is 4.79 Å². The Balaban J connectivity index is 2.39. The van der Waals surface area contributed by atoms with E-state index in [0.717, 1.165) is 25.1 Å². The van der Waals surface area contributed by atoms with Gasteiger partial charge in [-0.25, -0.2) is 0 Å². The standard InChI is InChI=1S/C14H26N4O/c1-5-8-15-14(19)12(4)16-10-13-7-9-18(17-13)11(3)6-2/h7,9,11-12,16H,5-6,8,10H2,1-4H3,(H,15,19). The molecule has 0 aliphatic carbocycles. The second-order valence-electron chi connectivity index (χ2n) is 4.94. The molecule has 0 saturated carbocycles. The predicted molar refractivity (Wildman–Crippen MR) is 76.8 cm³/mol. The maximum absolute atomic E-state index is 11.7. The van der Waals surface area contributed by atoms with Gasteiger partial charge in [0.15, 0.2) is 0 Å². The normalized spacial score (nSPS) is 14.1. The van der Waals surface area contributed by atoms with Gasteiger partial charge in [-0.15, -0.1) is 0 Å². The highest BCUT2D eigenvalue weighted by atomic mass is 16.2. The van der Waals surface area contributed by atoms with Crippen LogP contribution in [0.15, 0.2) is 12.3 Å². The Bertz CT molecular complexity index is 389. The molecule has 1 aromatic rings. The van der Waals surface area contributed by atoms with Crippen LogP contribution in [0, 0.1) is 0 Å². The van der Waals surface area contributed by atoms with Crippen LogP contribution in [0.2, 0.25) is 0 Å². The molecule has 5 nitrogen and oxygen atoms in total. The molecular weight excluding hydrogens is 240 g/mol. The van der Waals surface area contributed by atoms with Crippen molar-refractivity contribution in [2.75, 3.05) is 6.54 Å². The zero-order chi connectivity index (χ0) is 14.3. The maximum Gasteiger partial charge on any atom is 0.236 e. The molecule has 0 spiro atoms. The number of hydrogen-bond donors (Lipinski definition) is 2. The lowest BCUT2D eigenvalue weighted by Crippen LogP contribution is -2.42. The molecule has 2 atom stereocenters. The first-order valence-electron chi connectivity index (χ1n) is 7.13. The van der Waals surface area contributed by atoms with Crippen molar-refractivity contribution in [1.82, 2.24) is 20.4 Å². The third kappa shape index (κ3) is 5.03. The van der Waals surface area contributed by atoms with Crippen LogP contribution in [-0.4, -0.2) is 28.3 Å². The van der Waals surface area contributed by atoms with Gasteiger partial charge in [0, 0.05) is 25.3 Å². The van der Waals surface area contributed by atoms with Crippen LogP contribution in [0.5, 0.6) is 0 Å². The van der Waals surface area contributed by atoms with Gasteiger partial charge in [-0.3, -0.25) is 9.48 Å². The van der Waals surface area contributed by atoms with Crippen LogP contribution in [0.4, 0.5) is 0 Å². The fourth-order valence-corrected chi connectivity index (χ4v) is 1.66. The highest BCUT2D eigenvalue weighted by Gasteiger charge is 2.12. The van der Waals surface area contributed by atoms with E-state index in [0.29, 0.717) is 12.6 Å². The predicted octanol–water partition coefficient (Wildman–Crippen LogP) is 1.86. The Kier molecular flexibility index (Phi) is 6.56. The lowest BCUT2D eigenvalue weighted by atomic mass is 10.3. The molecule has 0 fully saturated rings. The molecule has 0 aliphatic rings. The monoisotopic (exact) mass is 266 g/mol. The Morgan fingerprint density at radius 2 is 2.16 bits per heavy atom. The van der Waals surface area contributed by atoms with E-state index in [4.69, 9.17) is 0 Å². The number of nitrogens with one attached hydrogen (secondary N) is 2. The van der Waals surface area contributed by atoms with Crippen LogP contribution in [0.3, 0.4) is 0 Å². The fraction of sp³-hybridized carbons (Fsp3) is 0.714. The molecule has 5 heteroatoms. The molecule has 0 bridgehead atoms. The van der Waals surface area contributed by atoms with Gasteiger partial charge in [-0.2, -0.15) is 5.10 Å². The molecule has 2 unspecified atom stereocenters. The fourth-order valence-electron chi connectivity index (χ4n) is 1.66. The van der Waals surface area contributed by atoms with Gasteiger partial charge in [0.2, 0.25) is 5.91 Å². The molecule has 0 aliphatic heterocycles. The van der Waals surface area contributed by atoms with Crippen LogP contribution in [-0.2, 0) is 11.3 Å². The van der Waals surface area contributed by atoms with E-state index in [2.05, 4.69) is 29.6 Å². The molecule has 0 aromatic carbocycles. The number of nitrogens with zero attached hydrogens (tertiary/aromatic N) is 2. The van der Waals surface area contributed by atoms with Gasteiger partial charge in [0.05, 0.1) is 11.7 Å². The summed E-state index contributed by atoms with van der Waals surface area (Å²) in [5, 5.41) is 10.6. The largest absolute Gasteiger partial charge is 0.355 e. The van der Waals surface area contributed by atoms with Crippen molar-refractivity contribution in [3.8, 4) is 0 Å². The molecule has 1 rings (SSSR count). The third-order valence-electron chi connectivity index (χ3n) is 3.24. The van der Waals surface area contributed by atoms with Gasteiger partial charge in [-0.1, -0.05) is 13.8 Å². The molecular formula is C14H26N4O. The zero-order valence-corrected chi connectivity index (χ0v) is 12.4. The molecule has 2 N–H and O–H groups in total. The SMILES string of the molecule is CCCNC(=O)C(C)NCc1ccn(C(C)CC)n1. The van der Waals surface area contributed by atoms with E-state index in [1.807, 2.05) is 30.8 Å². The average molecular weight is 266 g/mol. The van der Waals surface area contributed by atoms with E-state index in [-0.39, 0.29) is 11.9 Å². The summed E-state index contributed by atoms with van der Waals surface area (Å²) in [7, 11) is 0. The van der Waals surface area contributed by atoms with E-state index >= 15 is 0 Å². The van der Waals surface area contributed by atoms with E-state index in [1.165, 1.54) is 0 Å². The summed E-state index contributed by atoms with van der Waals surface area (Å²) >= 11 is 0. The lowest BCUT2D eigenvalue weighted by molar-refractivity contribution is -0.122. The van der Waals surface area contributed by atoms with Crippen LogP contribution in [0.25, 0.3) is 0 Å². The Morgan fingerprint density at radius 3 is 2.79 bits per heavy atom. The van der Waals surface area contributed by atoms with Crippen molar-refractivity contribution in [1.29, 1.82) is 0 Å². The van der Waals surface area contributed by atoms with E-state index in [9.17, 15) is 4.79 Å². The number of aromatic nitrogens is 2. The summed E-state index contributed by atoms with van der Waals surface area (Å²) < 4.78 is 1.97. The average Bonchev–Trinajstić information content (AvgIpc) is 2.89. The zero-order valence-electron chi connectivity index (χ0n) is 12.4. The molecule has 19 heavy (non-hydrogen) atoms. The quantitative estimate of drug-likeness (QED) is 0.755. The first-order chi connectivity index (χ1) is 9.08. The van der Waals surface area contributed by atoms with Crippen molar-refractivity contribution in [2.24, 2.45) is 0 Å². The molecule has 1 aromatic heterocycles. The van der Waals surface area contributed by atoms with Gasteiger partial charge < -0.3 is 10.6 Å². The first-order valence-corrected chi connectivity index (χ1v) is 7.13. The number of rotatable bonds is 8.